The first-order valence-electron chi connectivity index (χ1n) is 5.71. The smallest absolute Gasteiger partial charge is 0.0298 e. The van der Waals surface area contributed by atoms with Crippen LogP contribution in [0.5, 0.6) is 0 Å². The second-order valence-electron chi connectivity index (χ2n) is 4.04. The quantitative estimate of drug-likeness (QED) is 0.875. The van der Waals surface area contributed by atoms with Crippen molar-refractivity contribution in [2.24, 2.45) is 5.73 Å². The van der Waals surface area contributed by atoms with E-state index in [0.717, 1.165) is 12.8 Å². The van der Waals surface area contributed by atoms with Crippen LogP contribution < -0.4 is 5.73 Å². The van der Waals surface area contributed by atoms with Crippen LogP contribution in [-0.4, -0.2) is 0 Å². The third-order valence-electron chi connectivity index (χ3n) is 2.81. The van der Waals surface area contributed by atoms with Gasteiger partial charge in [0.2, 0.25) is 0 Å². The largest absolute Gasteiger partial charge is 0.324 e. The van der Waals surface area contributed by atoms with Crippen LogP contribution in [0, 0.1) is 0 Å². The molecule has 0 aromatic heterocycles. The molecule has 1 atom stereocenters. The van der Waals surface area contributed by atoms with Crippen molar-refractivity contribution >= 4 is 12.4 Å². The molecule has 0 fully saturated rings. The summed E-state index contributed by atoms with van der Waals surface area (Å²) >= 11 is 0. The molecule has 90 valence electrons. The van der Waals surface area contributed by atoms with Gasteiger partial charge in [-0.1, -0.05) is 60.7 Å². The Labute approximate surface area is 109 Å². The molecule has 0 heterocycles. The molecule has 0 spiro atoms. The van der Waals surface area contributed by atoms with Crippen LogP contribution in [0.1, 0.15) is 23.6 Å². The number of hydrogen-bond donors (Lipinski definition) is 1. The van der Waals surface area contributed by atoms with Crippen molar-refractivity contribution in [3.05, 3.63) is 71.8 Å². The molecule has 2 rings (SSSR count). The van der Waals surface area contributed by atoms with E-state index in [0.29, 0.717) is 0 Å². The minimum Gasteiger partial charge on any atom is -0.324 e. The Morgan fingerprint density at radius 1 is 0.824 bits per heavy atom. The van der Waals surface area contributed by atoms with Gasteiger partial charge in [0.15, 0.2) is 0 Å². The lowest BCUT2D eigenvalue weighted by Gasteiger charge is -2.11. The van der Waals surface area contributed by atoms with Crippen LogP contribution in [-0.2, 0) is 6.42 Å². The second kappa shape index (κ2) is 7.10. The van der Waals surface area contributed by atoms with E-state index in [1.165, 1.54) is 11.1 Å². The summed E-state index contributed by atoms with van der Waals surface area (Å²) in [6.45, 7) is 0. The van der Waals surface area contributed by atoms with Gasteiger partial charge in [0.05, 0.1) is 0 Å². The van der Waals surface area contributed by atoms with Crippen LogP contribution in [0.2, 0.25) is 0 Å². The molecule has 0 unspecified atom stereocenters. The molecule has 1 nitrogen and oxygen atoms in total. The van der Waals surface area contributed by atoms with E-state index in [1.54, 1.807) is 0 Å². The fourth-order valence-corrected chi connectivity index (χ4v) is 1.83. The van der Waals surface area contributed by atoms with E-state index in [4.69, 9.17) is 5.73 Å². The zero-order valence-electron chi connectivity index (χ0n) is 9.75. The van der Waals surface area contributed by atoms with Gasteiger partial charge in [-0.15, -0.1) is 12.4 Å². The fraction of sp³-hybridized carbons (Fsp3) is 0.200. The number of hydrogen-bond acceptors (Lipinski definition) is 1. The lowest BCUT2D eigenvalue weighted by Crippen LogP contribution is -2.11. The Hall–Kier alpha value is -1.31. The van der Waals surface area contributed by atoms with Crippen LogP contribution >= 0.6 is 12.4 Å². The van der Waals surface area contributed by atoms with E-state index in [-0.39, 0.29) is 18.4 Å². The molecule has 2 N–H and O–H groups in total. The molecule has 0 bridgehead atoms. The monoisotopic (exact) mass is 247 g/mol. The highest BCUT2D eigenvalue weighted by Crippen LogP contribution is 2.16. The topological polar surface area (TPSA) is 26.0 Å². The summed E-state index contributed by atoms with van der Waals surface area (Å²) in [5.74, 6) is 0. The van der Waals surface area contributed by atoms with Crippen molar-refractivity contribution in [3.8, 4) is 0 Å². The third kappa shape index (κ3) is 4.22. The summed E-state index contributed by atoms with van der Waals surface area (Å²) in [7, 11) is 0. The van der Waals surface area contributed by atoms with Gasteiger partial charge in [0.1, 0.15) is 0 Å². The lowest BCUT2D eigenvalue weighted by atomic mass is 10.00. The Kier molecular flexibility index (Phi) is 5.75. The van der Waals surface area contributed by atoms with E-state index < -0.39 is 0 Å². The summed E-state index contributed by atoms with van der Waals surface area (Å²) in [6.07, 6.45) is 2.03. The van der Waals surface area contributed by atoms with Gasteiger partial charge in [-0.2, -0.15) is 0 Å². The molecule has 0 saturated carbocycles. The summed E-state index contributed by atoms with van der Waals surface area (Å²) in [4.78, 5) is 0. The average molecular weight is 248 g/mol. The highest BCUT2D eigenvalue weighted by molar-refractivity contribution is 5.85. The molecule has 0 radical (unpaired) electrons. The number of nitrogens with two attached hydrogens (primary N) is 1. The number of rotatable bonds is 4. The molecule has 2 heteroatoms. The zero-order chi connectivity index (χ0) is 11.2. The first-order valence-corrected chi connectivity index (χ1v) is 5.71. The molecular formula is C15H18ClN. The predicted molar refractivity (Wildman–Crippen MR) is 75.4 cm³/mol. The molecule has 2 aromatic rings. The summed E-state index contributed by atoms with van der Waals surface area (Å²) < 4.78 is 0. The first kappa shape index (κ1) is 13.8. The van der Waals surface area contributed by atoms with Crippen molar-refractivity contribution in [1.82, 2.24) is 0 Å². The number of benzene rings is 2. The highest BCUT2D eigenvalue weighted by atomic mass is 35.5. The van der Waals surface area contributed by atoms with Crippen molar-refractivity contribution in [2.45, 2.75) is 18.9 Å². The third-order valence-corrected chi connectivity index (χ3v) is 2.81. The maximum atomic E-state index is 6.14. The average Bonchev–Trinajstić information content (AvgIpc) is 2.38. The van der Waals surface area contributed by atoms with Crippen molar-refractivity contribution in [3.63, 3.8) is 0 Å². The predicted octanol–water partition coefficient (Wildman–Crippen LogP) is 3.74. The van der Waals surface area contributed by atoms with Gasteiger partial charge in [-0.25, -0.2) is 0 Å². The van der Waals surface area contributed by atoms with Crippen LogP contribution in [0.3, 0.4) is 0 Å². The SMILES string of the molecule is Cl.N[C@H](CCc1ccccc1)c1ccccc1. The van der Waals surface area contributed by atoms with Crippen molar-refractivity contribution in [1.29, 1.82) is 0 Å². The summed E-state index contributed by atoms with van der Waals surface area (Å²) in [5, 5.41) is 0. The van der Waals surface area contributed by atoms with Crippen molar-refractivity contribution < 1.29 is 0 Å². The molecule has 0 aliphatic rings. The van der Waals surface area contributed by atoms with Crippen LogP contribution in [0.4, 0.5) is 0 Å². The van der Waals surface area contributed by atoms with E-state index in [1.807, 2.05) is 24.3 Å². The van der Waals surface area contributed by atoms with Gasteiger partial charge in [0.25, 0.3) is 0 Å². The molecule has 0 saturated heterocycles. The maximum Gasteiger partial charge on any atom is 0.0298 e. The number of halogens is 1. The Morgan fingerprint density at radius 2 is 1.35 bits per heavy atom. The normalized spacial score (nSPS) is 11.6. The molecule has 2 aromatic carbocycles. The van der Waals surface area contributed by atoms with E-state index in [9.17, 15) is 0 Å². The van der Waals surface area contributed by atoms with Gasteiger partial charge in [-0.05, 0) is 24.0 Å². The standard InChI is InChI=1S/C15H17N.ClH/c16-15(14-9-5-2-6-10-14)12-11-13-7-3-1-4-8-13;/h1-10,15H,11-12,16H2;1H/t15-;/m1./s1. The second-order valence-corrected chi connectivity index (χ2v) is 4.04. The summed E-state index contributed by atoms with van der Waals surface area (Å²) in [5.41, 5.74) is 8.72. The van der Waals surface area contributed by atoms with Crippen LogP contribution in [0.15, 0.2) is 60.7 Å². The minimum atomic E-state index is 0. The van der Waals surface area contributed by atoms with Gasteiger partial charge < -0.3 is 5.73 Å². The Morgan fingerprint density at radius 3 is 1.94 bits per heavy atom. The lowest BCUT2D eigenvalue weighted by molar-refractivity contribution is 0.651. The maximum absolute atomic E-state index is 6.14. The van der Waals surface area contributed by atoms with Gasteiger partial charge in [-0.3, -0.25) is 0 Å². The zero-order valence-corrected chi connectivity index (χ0v) is 10.6. The molecule has 17 heavy (non-hydrogen) atoms. The number of aryl methyl sites for hydroxylation is 1. The molecule has 0 aliphatic carbocycles. The van der Waals surface area contributed by atoms with Gasteiger partial charge >= 0.3 is 0 Å². The molecular weight excluding hydrogens is 230 g/mol. The van der Waals surface area contributed by atoms with Crippen molar-refractivity contribution in [2.75, 3.05) is 0 Å². The first-order chi connectivity index (χ1) is 7.86. The minimum absolute atomic E-state index is 0. The Balaban J connectivity index is 0.00000144. The molecule has 0 amide bonds. The fourth-order valence-electron chi connectivity index (χ4n) is 1.83. The molecule has 0 aliphatic heterocycles. The highest BCUT2D eigenvalue weighted by Gasteiger charge is 2.04. The van der Waals surface area contributed by atoms with E-state index in [2.05, 4.69) is 36.4 Å². The van der Waals surface area contributed by atoms with Gasteiger partial charge in [0, 0.05) is 6.04 Å². The van der Waals surface area contributed by atoms with E-state index >= 15 is 0 Å². The Bertz CT molecular complexity index is 413. The summed E-state index contributed by atoms with van der Waals surface area (Å²) in [6, 6.07) is 20.9. The van der Waals surface area contributed by atoms with Crippen LogP contribution in [0.25, 0.3) is 0 Å².